The Morgan fingerprint density at radius 2 is 1.62 bits per heavy atom. The Hall–Kier alpha value is -2.06. The summed E-state index contributed by atoms with van der Waals surface area (Å²) in [5.74, 6) is 0. The highest BCUT2D eigenvalue weighted by Crippen LogP contribution is 2.33. The Kier molecular flexibility index (Phi) is 3.14. The van der Waals surface area contributed by atoms with E-state index in [4.69, 9.17) is 0 Å². The second kappa shape index (κ2) is 4.74. The summed E-state index contributed by atoms with van der Waals surface area (Å²) < 4.78 is 2.18. The van der Waals surface area contributed by atoms with E-state index in [9.17, 15) is 5.11 Å². The molecule has 1 heterocycles. The average Bonchev–Trinajstić information content (AvgIpc) is 2.80. The topological polar surface area (TPSA) is 25.2 Å². The highest BCUT2D eigenvalue weighted by Gasteiger charge is 2.23. The Labute approximate surface area is 125 Å². The van der Waals surface area contributed by atoms with Gasteiger partial charge in [0.1, 0.15) is 0 Å². The molecule has 0 bridgehead atoms. The molecule has 0 unspecified atom stereocenters. The lowest BCUT2D eigenvalue weighted by molar-refractivity contribution is 0.0801. The van der Waals surface area contributed by atoms with E-state index in [0.717, 1.165) is 16.6 Å². The summed E-state index contributed by atoms with van der Waals surface area (Å²) in [5.41, 5.74) is 4.84. The number of para-hydroxylation sites is 1. The number of aryl methyl sites for hydroxylation is 2. The number of aliphatic hydroxyl groups is 1. The zero-order valence-electron chi connectivity index (χ0n) is 13.0. The lowest BCUT2D eigenvalue weighted by Gasteiger charge is -2.16. The summed E-state index contributed by atoms with van der Waals surface area (Å²) in [6, 6.07) is 14.7. The molecule has 0 aliphatic carbocycles. The molecule has 1 N–H and O–H groups in total. The molecule has 2 nitrogen and oxygen atoms in total. The molecule has 3 rings (SSSR count). The summed E-state index contributed by atoms with van der Waals surface area (Å²) in [4.78, 5) is 0. The maximum Gasteiger partial charge on any atom is 0.0861 e. The third kappa shape index (κ3) is 2.36. The van der Waals surface area contributed by atoms with Crippen molar-refractivity contribution in [3.63, 3.8) is 0 Å². The van der Waals surface area contributed by atoms with Gasteiger partial charge in [-0.3, -0.25) is 0 Å². The highest BCUT2D eigenvalue weighted by molar-refractivity contribution is 5.89. The number of aromatic nitrogens is 1. The second-order valence-corrected chi connectivity index (χ2v) is 6.28. The molecule has 21 heavy (non-hydrogen) atoms. The fourth-order valence-corrected chi connectivity index (χ4v) is 2.86. The molecule has 0 atom stereocenters. The fourth-order valence-electron chi connectivity index (χ4n) is 2.86. The van der Waals surface area contributed by atoms with E-state index in [1.165, 1.54) is 16.6 Å². The van der Waals surface area contributed by atoms with Crippen molar-refractivity contribution < 1.29 is 5.11 Å². The maximum atomic E-state index is 10.5. The van der Waals surface area contributed by atoms with Crippen molar-refractivity contribution in [2.45, 2.75) is 33.3 Å². The van der Waals surface area contributed by atoms with Crippen LogP contribution in [0.15, 0.2) is 48.7 Å². The van der Waals surface area contributed by atoms with Crippen molar-refractivity contribution in [3.8, 4) is 5.69 Å². The normalized spacial score (nSPS) is 12.0. The van der Waals surface area contributed by atoms with Gasteiger partial charge in [-0.1, -0.05) is 35.9 Å². The molecular weight excluding hydrogens is 258 g/mol. The van der Waals surface area contributed by atoms with Gasteiger partial charge in [0.2, 0.25) is 0 Å². The number of rotatable bonds is 2. The zero-order valence-corrected chi connectivity index (χ0v) is 13.0. The Balaban J connectivity index is 2.35. The fraction of sp³-hybridized carbons (Fsp3) is 0.263. The monoisotopic (exact) mass is 279 g/mol. The Morgan fingerprint density at radius 1 is 0.952 bits per heavy atom. The van der Waals surface area contributed by atoms with Crippen molar-refractivity contribution in [1.29, 1.82) is 0 Å². The number of hydrogen-bond acceptors (Lipinski definition) is 1. The SMILES string of the molecule is Cc1ccc(-n2cc(C(C)(C)O)c3cccc(C)c32)cc1. The van der Waals surface area contributed by atoms with E-state index in [1.807, 2.05) is 19.9 Å². The van der Waals surface area contributed by atoms with Crippen LogP contribution in [0.4, 0.5) is 0 Å². The van der Waals surface area contributed by atoms with Crippen LogP contribution in [0.5, 0.6) is 0 Å². The molecule has 0 aliphatic heterocycles. The van der Waals surface area contributed by atoms with Crippen molar-refractivity contribution in [3.05, 3.63) is 65.4 Å². The summed E-state index contributed by atoms with van der Waals surface area (Å²) >= 11 is 0. The van der Waals surface area contributed by atoms with Gasteiger partial charge in [-0.25, -0.2) is 0 Å². The molecule has 2 aromatic carbocycles. The number of benzene rings is 2. The molecule has 0 amide bonds. The second-order valence-electron chi connectivity index (χ2n) is 6.28. The third-order valence-electron chi connectivity index (χ3n) is 4.00. The van der Waals surface area contributed by atoms with Gasteiger partial charge in [0.25, 0.3) is 0 Å². The van der Waals surface area contributed by atoms with Crippen LogP contribution in [-0.2, 0) is 5.60 Å². The number of fused-ring (bicyclic) bond motifs is 1. The average molecular weight is 279 g/mol. The van der Waals surface area contributed by atoms with E-state index in [2.05, 4.69) is 61.0 Å². The molecule has 3 aromatic rings. The van der Waals surface area contributed by atoms with Crippen LogP contribution in [-0.4, -0.2) is 9.67 Å². The quantitative estimate of drug-likeness (QED) is 0.735. The molecule has 108 valence electrons. The largest absolute Gasteiger partial charge is 0.386 e. The standard InChI is InChI=1S/C19H21NO/c1-13-8-10-15(11-9-13)20-12-17(19(3,4)21)16-7-5-6-14(2)18(16)20/h5-12,21H,1-4H3. The first-order chi connectivity index (χ1) is 9.88. The molecule has 0 spiro atoms. The molecular formula is C19H21NO. The lowest BCUT2D eigenvalue weighted by atomic mass is 9.97. The molecule has 0 aliphatic rings. The minimum atomic E-state index is -0.859. The van der Waals surface area contributed by atoms with Crippen molar-refractivity contribution in [2.24, 2.45) is 0 Å². The van der Waals surface area contributed by atoms with Gasteiger partial charge in [0.15, 0.2) is 0 Å². The van der Waals surface area contributed by atoms with Gasteiger partial charge in [-0.05, 0) is 45.4 Å². The minimum Gasteiger partial charge on any atom is -0.386 e. The number of hydrogen-bond donors (Lipinski definition) is 1. The van der Waals surface area contributed by atoms with Crippen LogP contribution in [0.3, 0.4) is 0 Å². The van der Waals surface area contributed by atoms with E-state index < -0.39 is 5.60 Å². The van der Waals surface area contributed by atoms with E-state index in [-0.39, 0.29) is 0 Å². The van der Waals surface area contributed by atoms with E-state index in [1.54, 1.807) is 0 Å². The first-order valence-corrected chi connectivity index (χ1v) is 7.28. The van der Waals surface area contributed by atoms with E-state index in [0.29, 0.717) is 0 Å². The highest BCUT2D eigenvalue weighted by atomic mass is 16.3. The predicted molar refractivity (Wildman–Crippen MR) is 88.0 cm³/mol. The third-order valence-corrected chi connectivity index (χ3v) is 4.00. The first kappa shape index (κ1) is 13.9. The molecule has 0 saturated heterocycles. The van der Waals surface area contributed by atoms with Crippen LogP contribution < -0.4 is 0 Å². The van der Waals surface area contributed by atoms with Gasteiger partial charge < -0.3 is 9.67 Å². The lowest BCUT2D eigenvalue weighted by Crippen LogP contribution is -2.14. The Bertz CT molecular complexity index is 789. The molecule has 0 fully saturated rings. The Morgan fingerprint density at radius 3 is 2.24 bits per heavy atom. The predicted octanol–water partition coefficient (Wildman–Crippen LogP) is 4.47. The molecule has 1 aromatic heterocycles. The van der Waals surface area contributed by atoms with Crippen LogP contribution in [0.1, 0.15) is 30.5 Å². The molecule has 0 saturated carbocycles. The first-order valence-electron chi connectivity index (χ1n) is 7.28. The van der Waals surface area contributed by atoms with Gasteiger partial charge >= 0.3 is 0 Å². The summed E-state index contributed by atoms with van der Waals surface area (Å²) in [5, 5.41) is 11.6. The van der Waals surface area contributed by atoms with Gasteiger partial charge in [-0.2, -0.15) is 0 Å². The van der Waals surface area contributed by atoms with Crippen LogP contribution >= 0.6 is 0 Å². The number of nitrogens with zero attached hydrogens (tertiary/aromatic N) is 1. The summed E-state index contributed by atoms with van der Waals surface area (Å²) in [7, 11) is 0. The zero-order chi connectivity index (χ0) is 15.2. The van der Waals surface area contributed by atoms with Crippen LogP contribution in [0, 0.1) is 13.8 Å². The van der Waals surface area contributed by atoms with Crippen molar-refractivity contribution in [2.75, 3.05) is 0 Å². The van der Waals surface area contributed by atoms with Crippen molar-refractivity contribution >= 4 is 10.9 Å². The summed E-state index contributed by atoms with van der Waals surface area (Å²) in [6.45, 7) is 7.87. The smallest absolute Gasteiger partial charge is 0.0861 e. The van der Waals surface area contributed by atoms with Gasteiger partial charge in [0.05, 0.1) is 11.1 Å². The molecule has 2 heteroatoms. The molecule has 0 radical (unpaired) electrons. The van der Waals surface area contributed by atoms with E-state index >= 15 is 0 Å². The summed E-state index contributed by atoms with van der Waals surface area (Å²) in [6.07, 6.45) is 2.06. The van der Waals surface area contributed by atoms with Gasteiger partial charge in [-0.15, -0.1) is 0 Å². The van der Waals surface area contributed by atoms with Crippen LogP contribution in [0.2, 0.25) is 0 Å². The minimum absolute atomic E-state index is 0.859. The maximum absolute atomic E-state index is 10.5. The van der Waals surface area contributed by atoms with Crippen molar-refractivity contribution in [1.82, 2.24) is 4.57 Å². The van der Waals surface area contributed by atoms with Gasteiger partial charge in [0, 0.05) is 22.8 Å². The van der Waals surface area contributed by atoms with Crippen LogP contribution in [0.25, 0.3) is 16.6 Å².